The summed E-state index contributed by atoms with van der Waals surface area (Å²) in [7, 11) is 3.00. The molecule has 8 nitrogen and oxygen atoms in total. The molecule has 2 aliphatic rings. The molecular formula is C20H26ClN5O3. The largest absolute Gasteiger partial charge is 0.359 e. The van der Waals surface area contributed by atoms with Crippen molar-refractivity contribution in [1.82, 2.24) is 15.5 Å². The number of carbonyl (C=O) groups excluding carboxylic acids is 3. The van der Waals surface area contributed by atoms with Gasteiger partial charge in [-0.2, -0.15) is 5.10 Å². The SMILES string of the molecule is CNC(=O)[C@H]1/C(=N\Nc2ccc(Cl)cc2)C(=O)N(C2CCCCC2)[C@H]1C(=O)NC. The van der Waals surface area contributed by atoms with Crippen molar-refractivity contribution >= 4 is 40.7 Å². The van der Waals surface area contributed by atoms with E-state index in [0.29, 0.717) is 10.7 Å². The zero-order chi connectivity index (χ0) is 21.0. The Morgan fingerprint density at radius 1 is 1.03 bits per heavy atom. The maximum Gasteiger partial charge on any atom is 0.271 e. The van der Waals surface area contributed by atoms with Crippen molar-refractivity contribution in [3.63, 3.8) is 0 Å². The van der Waals surface area contributed by atoms with Gasteiger partial charge in [0.25, 0.3) is 5.91 Å². The Kier molecular flexibility index (Phi) is 6.74. The van der Waals surface area contributed by atoms with Crippen molar-refractivity contribution < 1.29 is 14.4 Å². The highest BCUT2D eigenvalue weighted by atomic mass is 35.5. The van der Waals surface area contributed by atoms with Gasteiger partial charge in [-0.15, -0.1) is 0 Å². The number of benzene rings is 1. The fraction of sp³-hybridized carbons (Fsp3) is 0.500. The minimum atomic E-state index is -0.992. The molecule has 156 valence electrons. The molecule has 0 unspecified atom stereocenters. The van der Waals surface area contributed by atoms with Crippen molar-refractivity contribution in [2.24, 2.45) is 11.0 Å². The zero-order valence-electron chi connectivity index (χ0n) is 16.6. The third-order valence-corrected chi connectivity index (χ3v) is 5.78. The van der Waals surface area contributed by atoms with Gasteiger partial charge in [0.15, 0.2) is 0 Å². The molecule has 29 heavy (non-hydrogen) atoms. The molecule has 3 N–H and O–H groups in total. The van der Waals surface area contributed by atoms with E-state index < -0.39 is 17.9 Å². The number of carbonyl (C=O) groups is 3. The van der Waals surface area contributed by atoms with Gasteiger partial charge in [-0.05, 0) is 37.1 Å². The lowest BCUT2D eigenvalue weighted by Crippen LogP contribution is -2.53. The van der Waals surface area contributed by atoms with Crippen LogP contribution >= 0.6 is 11.6 Å². The molecule has 2 fully saturated rings. The average Bonchev–Trinajstić information content (AvgIpc) is 3.05. The molecule has 0 radical (unpaired) electrons. The third-order valence-electron chi connectivity index (χ3n) is 5.53. The number of likely N-dealkylation sites (N-methyl/N-ethyl adjacent to an activating group) is 1. The van der Waals surface area contributed by atoms with Gasteiger partial charge < -0.3 is 15.5 Å². The molecule has 0 spiro atoms. The van der Waals surface area contributed by atoms with E-state index in [1.165, 1.54) is 14.1 Å². The van der Waals surface area contributed by atoms with E-state index in [1.54, 1.807) is 29.2 Å². The average molecular weight is 420 g/mol. The van der Waals surface area contributed by atoms with Gasteiger partial charge >= 0.3 is 0 Å². The normalized spacial score (nSPS) is 23.9. The highest BCUT2D eigenvalue weighted by Gasteiger charge is 2.54. The minimum absolute atomic E-state index is 0.0403. The van der Waals surface area contributed by atoms with E-state index in [1.807, 2.05) is 0 Å². The fourth-order valence-electron chi connectivity index (χ4n) is 4.07. The second-order valence-corrected chi connectivity index (χ2v) is 7.71. The van der Waals surface area contributed by atoms with Crippen molar-refractivity contribution in [2.75, 3.05) is 19.5 Å². The maximum atomic E-state index is 13.3. The highest BCUT2D eigenvalue weighted by molar-refractivity contribution is 6.46. The summed E-state index contributed by atoms with van der Waals surface area (Å²) < 4.78 is 0. The quantitative estimate of drug-likeness (QED) is 0.632. The Balaban J connectivity index is 1.98. The lowest BCUT2D eigenvalue weighted by Gasteiger charge is -2.35. The second-order valence-electron chi connectivity index (χ2n) is 7.27. The first-order valence-electron chi connectivity index (χ1n) is 9.83. The van der Waals surface area contributed by atoms with Crippen LogP contribution in [0.5, 0.6) is 0 Å². The first-order valence-corrected chi connectivity index (χ1v) is 10.2. The Labute approximate surface area is 175 Å². The molecule has 1 saturated heterocycles. The summed E-state index contributed by atoms with van der Waals surface area (Å²) in [6.45, 7) is 0. The number of hydrogen-bond donors (Lipinski definition) is 3. The summed E-state index contributed by atoms with van der Waals surface area (Å²) in [5.41, 5.74) is 3.49. The van der Waals surface area contributed by atoms with Crippen LogP contribution in [0.1, 0.15) is 32.1 Å². The number of hydrogen-bond acceptors (Lipinski definition) is 5. The van der Waals surface area contributed by atoms with Crippen molar-refractivity contribution in [1.29, 1.82) is 0 Å². The lowest BCUT2D eigenvalue weighted by atomic mass is 9.92. The molecule has 1 heterocycles. The van der Waals surface area contributed by atoms with Gasteiger partial charge in [0, 0.05) is 25.2 Å². The molecule has 1 aromatic carbocycles. The molecule has 0 aromatic heterocycles. The summed E-state index contributed by atoms with van der Waals surface area (Å²) in [5, 5.41) is 10.0. The standard InChI is InChI=1S/C20H26ClN5O3/c1-22-18(27)15-16(25-24-13-10-8-12(21)9-11-13)20(29)26(17(15)19(28)23-2)14-6-4-3-5-7-14/h8-11,14-15,17,24H,3-7H2,1-2H3,(H,22,27)(H,23,28)/b25-16+/t15-,17+/m0/s1. The van der Waals surface area contributed by atoms with Crippen molar-refractivity contribution in [2.45, 2.75) is 44.2 Å². The monoisotopic (exact) mass is 419 g/mol. The number of halogens is 1. The predicted octanol–water partition coefficient (Wildman–Crippen LogP) is 1.76. The van der Waals surface area contributed by atoms with Crippen molar-refractivity contribution in [3.05, 3.63) is 29.3 Å². The molecule has 1 aliphatic carbocycles. The number of likely N-dealkylation sites (tertiary alicyclic amines) is 1. The number of hydrazone groups is 1. The second kappa shape index (κ2) is 9.26. The lowest BCUT2D eigenvalue weighted by molar-refractivity contribution is -0.139. The molecule has 2 atom stereocenters. The number of rotatable bonds is 5. The van der Waals surface area contributed by atoms with Crippen LogP contribution in [0.2, 0.25) is 5.02 Å². The van der Waals surface area contributed by atoms with Crippen LogP contribution in [0.25, 0.3) is 0 Å². The summed E-state index contributed by atoms with van der Waals surface area (Å²) >= 11 is 5.90. The number of anilines is 1. The highest BCUT2D eigenvalue weighted by Crippen LogP contribution is 2.33. The number of nitrogens with zero attached hydrogens (tertiary/aromatic N) is 2. The van der Waals surface area contributed by atoms with Crippen LogP contribution in [0.4, 0.5) is 5.69 Å². The van der Waals surface area contributed by atoms with Crippen LogP contribution in [0, 0.1) is 5.92 Å². The summed E-state index contributed by atoms with van der Waals surface area (Å²) in [5.74, 6) is -2.15. The summed E-state index contributed by atoms with van der Waals surface area (Å²) in [6.07, 6.45) is 4.74. The van der Waals surface area contributed by atoms with Gasteiger partial charge in [0.1, 0.15) is 17.7 Å². The fourth-order valence-corrected chi connectivity index (χ4v) is 4.20. The smallest absolute Gasteiger partial charge is 0.271 e. The third kappa shape index (κ3) is 4.37. The molecule has 0 bridgehead atoms. The Morgan fingerprint density at radius 3 is 2.24 bits per heavy atom. The van der Waals surface area contributed by atoms with Gasteiger partial charge in [-0.3, -0.25) is 19.8 Å². The first-order chi connectivity index (χ1) is 14.0. The molecular weight excluding hydrogens is 394 g/mol. The molecule has 9 heteroatoms. The van der Waals surface area contributed by atoms with Crippen LogP contribution in [0.15, 0.2) is 29.4 Å². The van der Waals surface area contributed by atoms with Gasteiger partial charge in [-0.25, -0.2) is 0 Å². The first kappa shape index (κ1) is 21.1. The molecule has 3 amide bonds. The van der Waals surface area contributed by atoms with Crippen LogP contribution in [-0.2, 0) is 14.4 Å². The molecule has 1 aliphatic heterocycles. The summed E-state index contributed by atoms with van der Waals surface area (Å²) in [4.78, 5) is 40.3. The van der Waals surface area contributed by atoms with Crippen LogP contribution in [-0.4, -0.2) is 54.5 Å². The van der Waals surface area contributed by atoms with Gasteiger partial charge in [-0.1, -0.05) is 30.9 Å². The Hall–Kier alpha value is -2.61. The Morgan fingerprint density at radius 2 is 1.66 bits per heavy atom. The van der Waals surface area contributed by atoms with E-state index in [0.717, 1.165) is 32.1 Å². The minimum Gasteiger partial charge on any atom is -0.359 e. The van der Waals surface area contributed by atoms with Crippen molar-refractivity contribution in [3.8, 4) is 0 Å². The summed E-state index contributed by atoms with van der Waals surface area (Å²) in [6, 6.07) is 5.83. The molecule has 1 aromatic rings. The van der Waals surface area contributed by atoms with Gasteiger partial charge in [0.2, 0.25) is 11.8 Å². The number of amides is 3. The van der Waals surface area contributed by atoms with E-state index in [4.69, 9.17) is 11.6 Å². The molecule has 3 rings (SSSR count). The Bertz CT molecular complexity index is 805. The van der Waals surface area contributed by atoms with E-state index in [2.05, 4.69) is 21.2 Å². The van der Waals surface area contributed by atoms with Crippen LogP contribution in [0.3, 0.4) is 0 Å². The topological polar surface area (TPSA) is 103 Å². The number of nitrogens with one attached hydrogen (secondary N) is 3. The predicted molar refractivity (Wildman–Crippen MR) is 112 cm³/mol. The van der Waals surface area contributed by atoms with Gasteiger partial charge in [0.05, 0.1) is 5.69 Å². The zero-order valence-corrected chi connectivity index (χ0v) is 17.3. The maximum absolute atomic E-state index is 13.3. The van der Waals surface area contributed by atoms with E-state index in [-0.39, 0.29) is 23.6 Å². The van der Waals surface area contributed by atoms with E-state index in [9.17, 15) is 14.4 Å². The van der Waals surface area contributed by atoms with E-state index >= 15 is 0 Å². The molecule has 1 saturated carbocycles. The van der Waals surface area contributed by atoms with Crippen LogP contribution < -0.4 is 16.1 Å².